The number of anilines is 1. The number of carbonyl (C=O) groups excluding carboxylic acids is 3. The fraction of sp³-hybridized carbons (Fsp3) is 0.211. The first-order valence-corrected chi connectivity index (χ1v) is 16.4. The molecule has 49 heavy (non-hydrogen) atoms. The highest BCUT2D eigenvalue weighted by Crippen LogP contribution is 2.27. The number of nitrogen functional groups attached to an aromatic ring is 1. The number of nitrogens with one attached hydrogen (secondary N) is 2. The van der Waals surface area contributed by atoms with Crippen LogP contribution in [0.15, 0.2) is 97.2 Å². The number of benzene rings is 4. The zero-order valence-electron chi connectivity index (χ0n) is 26.9. The van der Waals surface area contributed by atoms with Crippen LogP contribution in [0.3, 0.4) is 0 Å². The Morgan fingerprint density at radius 3 is 2.55 bits per heavy atom. The van der Waals surface area contributed by atoms with Crippen LogP contribution in [0.5, 0.6) is 11.5 Å². The van der Waals surface area contributed by atoms with Crippen LogP contribution in [0.25, 0.3) is 5.69 Å². The van der Waals surface area contributed by atoms with Crippen molar-refractivity contribution < 1.29 is 23.9 Å². The Labute approximate surface area is 289 Å². The summed E-state index contributed by atoms with van der Waals surface area (Å²) < 4.78 is 13.2. The maximum Gasteiger partial charge on any atom is 0.257 e. The molecule has 1 saturated carbocycles. The molecule has 4 N–H and O–H groups in total. The van der Waals surface area contributed by atoms with Gasteiger partial charge in [0, 0.05) is 28.7 Å². The van der Waals surface area contributed by atoms with Gasteiger partial charge in [0.15, 0.2) is 12.4 Å². The van der Waals surface area contributed by atoms with Crippen molar-refractivity contribution in [2.45, 2.75) is 38.8 Å². The Hall–Kier alpha value is -5.61. The van der Waals surface area contributed by atoms with E-state index < -0.39 is 0 Å². The van der Waals surface area contributed by atoms with Gasteiger partial charge in [0.2, 0.25) is 0 Å². The second-order valence-electron chi connectivity index (χ2n) is 11.9. The number of aromatic nitrogens is 2. The van der Waals surface area contributed by atoms with E-state index in [0.29, 0.717) is 52.9 Å². The van der Waals surface area contributed by atoms with Gasteiger partial charge in [-0.2, -0.15) is 5.10 Å². The minimum absolute atomic E-state index is 0.145. The second-order valence-corrected chi connectivity index (χ2v) is 12.3. The Morgan fingerprint density at radius 2 is 1.76 bits per heavy atom. The Balaban J connectivity index is 1.04. The van der Waals surface area contributed by atoms with Crippen LogP contribution in [-0.4, -0.2) is 46.6 Å². The molecule has 1 heterocycles. The summed E-state index contributed by atoms with van der Waals surface area (Å²) in [4.78, 5) is 38.7. The smallest absolute Gasteiger partial charge is 0.257 e. The van der Waals surface area contributed by atoms with Gasteiger partial charge in [-0.25, -0.2) is 4.68 Å². The lowest BCUT2D eigenvalue weighted by molar-refractivity contribution is -0.123. The number of hydrogen-bond donors (Lipinski definition) is 3. The number of ketones is 1. The molecule has 0 aliphatic heterocycles. The van der Waals surface area contributed by atoms with Crippen molar-refractivity contribution in [1.29, 1.82) is 0 Å². The van der Waals surface area contributed by atoms with E-state index in [1.165, 1.54) is 10.9 Å². The molecule has 11 heteroatoms. The van der Waals surface area contributed by atoms with Crippen molar-refractivity contribution in [3.63, 3.8) is 0 Å². The van der Waals surface area contributed by atoms with Gasteiger partial charge in [-0.15, -0.1) is 0 Å². The predicted octanol–water partition coefficient (Wildman–Crippen LogP) is 5.86. The quantitative estimate of drug-likeness (QED) is 0.125. The largest absolute Gasteiger partial charge is 0.489 e. The van der Waals surface area contributed by atoms with Crippen molar-refractivity contribution in [2.24, 2.45) is 0 Å². The maximum absolute atomic E-state index is 13.5. The molecule has 0 saturated heterocycles. The number of rotatable bonds is 14. The monoisotopic (exact) mass is 677 g/mol. The fourth-order valence-corrected chi connectivity index (χ4v) is 5.43. The first-order valence-electron chi connectivity index (χ1n) is 16.0. The Kier molecular flexibility index (Phi) is 10.2. The molecule has 1 aromatic heterocycles. The average molecular weight is 678 g/mol. The highest BCUT2D eigenvalue weighted by molar-refractivity contribution is 6.30. The number of ether oxygens (including phenoxy) is 2. The fourth-order valence-electron chi connectivity index (χ4n) is 5.24. The summed E-state index contributed by atoms with van der Waals surface area (Å²) in [5, 5.41) is 10.8. The number of amides is 2. The average Bonchev–Trinajstić information content (AvgIpc) is 3.85. The number of nitrogens with two attached hydrogens (primary N) is 1. The molecule has 10 nitrogen and oxygen atoms in total. The second kappa shape index (κ2) is 15.1. The van der Waals surface area contributed by atoms with Gasteiger partial charge in [0.1, 0.15) is 23.9 Å². The molecular weight excluding hydrogens is 642 g/mol. The van der Waals surface area contributed by atoms with Crippen LogP contribution in [0.4, 0.5) is 5.82 Å². The van der Waals surface area contributed by atoms with Crippen molar-refractivity contribution in [1.82, 2.24) is 20.4 Å². The maximum atomic E-state index is 13.5. The van der Waals surface area contributed by atoms with Crippen molar-refractivity contribution in [3.8, 4) is 17.2 Å². The zero-order valence-corrected chi connectivity index (χ0v) is 27.7. The van der Waals surface area contributed by atoms with Crippen LogP contribution in [0.2, 0.25) is 5.02 Å². The molecule has 0 atom stereocenters. The van der Waals surface area contributed by atoms with Gasteiger partial charge in [0.05, 0.1) is 17.4 Å². The third-order valence-corrected chi connectivity index (χ3v) is 8.34. The van der Waals surface area contributed by atoms with Crippen LogP contribution < -0.4 is 25.8 Å². The lowest BCUT2D eigenvalue weighted by Gasteiger charge is -2.13. The third-order valence-electron chi connectivity index (χ3n) is 8.11. The normalized spacial score (nSPS) is 12.3. The number of hydrogen-bond acceptors (Lipinski definition) is 7. The molecule has 6 rings (SSSR count). The SMILES string of the molecule is Cc1ccc(C(=O)NC2CC2)cc1-n1ncc(C(=O)c2cccc(OCC(=O)NCCc3cc(Cl)ccc3OCc3ccccc3)c2)c1N. The first-order chi connectivity index (χ1) is 23.7. The summed E-state index contributed by atoms with van der Waals surface area (Å²) in [5.41, 5.74) is 10.8. The van der Waals surface area contributed by atoms with Crippen LogP contribution in [0.1, 0.15) is 55.8 Å². The molecule has 2 amide bonds. The molecule has 5 aromatic rings. The molecule has 0 unspecified atom stereocenters. The Bertz CT molecular complexity index is 1990. The molecule has 1 aliphatic carbocycles. The van der Waals surface area contributed by atoms with E-state index in [4.69, 9.17) is 26.8 Å². The molecule has 0 spiro atoms. The molecule has 0 bridgehead atoms. The van der Waals surface area contributed by atoms with Gasteiger partial charge in [-0.1, -0.05) is 60.1 Å². The van der Waals surface area contributed by atoms with Crippen LogP contribution in [0, 0.1) is 6.92 Å². The summed E-state index contributed by atoms with van der Waals surface area (Å²) in [5.74, 6) is 0.364. The van der Waals surface area contributed by atoms with E-state index >= 15 is 0 Å². The van der Waals surface area contributed by atoms with Gasteiger partial charge >= 0.3 is 0 Å². The molecule has 250 valence electrons. The molecule has 0 radical (unpaired) electrons. The molecular formula is C38H36ClN5O5. The number of nitrogens with zero attached hydrogens (tertiary/aromatic N) is 2. The lowest BCUT2D eigenvalue weighted by atomic mass is 10.1. The standard InChI is InChI=1S/C38H36ClN5O5/c1-24-10-11-28(38(47)43-30-13-14-30)20-33(24)44-37(40)32(21-42-44)36(46)27-8-5-9-31(19-27)48-23-35(45)41-17-16-26-18-29(39)12-15-34(26)49-22-25-6-3-2-4-7-25/h2-12,15,18-21,30H,13-14,16-17,22-23,40H2,1H3,(H,41,45)(H,43,47). The van der Waals surface area contributed by atoms with E-state index in [1.54, 1.807) is 42.5 Å². The van der Waals surface area contributed by atoms with E-state index in [-0.39, 0.29) is 41.6 Å². The summed E-state index contributed by atoms with van der Waals surface area (Å²) in [6, 6.07) is 27.3. The number of halogens is 1. The van der Waals surface area contributed by atoms with Crippen molar-refractivity contribution in [3.05, 3.63) is 136 Å². The van der Waals surface area contributed by atoms with Crippen LogP contribution in [-0.2, 0) is 17.8 Å². The topological polar surface area (TPSA) is 138 Å². The van der Waals surface area contributed by atoms with Gasteiger partial charge < -0.3 is 25.8 Å². The molecule has 1 fully saturated rings. The molecule has 4 aromatic carbocycles. The summed E-state index contributed by atoms with van der Waals surface area (Å²) in [7, 11) is 0. The van der Waals surface area contributed by atoms with Crippen molar-refractivity contribution in [2.75, 3.05) is 18.9 Å². The summed E-state index contributed by atoms with van der Waals surface area (Å²) in [6.07, 6.45) is 3.89. The highest BCUT2D eigenvalue weighted by Gasteiger charge is 2.25. The van der Waals surface area contributed by atoms with E-state index in [9.17, 15) is 14.4 Å². The minimum Gasteiger partial charge on any atom is -0.489 e. The molecule has 1 aliphatic rings. The van der Waals surface area contributed by atoms with Gasteiger partial charge in [0.25, 0.3) is 11.8 Å². The lowest BCUT2D eigenvalue weighted by Crippen LogP contribution is -2.30. The minimum atomic E-state index is -0.356. The van der Waals surface area contributed by atoms with E-state index in [0.717, 1.165) is 29.5 Å². The zero-order chi connectivity index (χ0) is 34.3. The number of carbonyl (C=O) groups is 3. The summed E-state index contributed by atoms with van der Waals surface area (Å²) in [6.45, 7) is 2.40. The third kappa shape index (κ3) is 8.46. The first kappa shape index (κ1) is 33.3. The highest BCUT2D eigenvalue weighted by atomic mass is 35.5. The number of aryl methyl sites for hydroxylation is 1. The van der Waals surface area contributed by atoms with Crippen molar-refractivity contribution >= 4 is 35.0 Å². The van der Waals surface area contributed by atoms with E-state index in [2.05, 4.69) is 15.7 Å². The predicted molar refractivity (Wildman–Crippen MR) is 188 cm³/mol. The van der Waals surface area contributed by atoms with E-state index in [1.807, 2.05) is 55.5 Å². The Morgan fingerprint density at radius 1 is 0.939 bits per heavy atom. The van der Waals surface area contributed by atoms with Gasteiger partial charge in [-0.3, -0.25) is 14.4 Å². The van der Waals surface area contributed by atoms with Crippen LogP contribution >= 0.6 is 11.6 Å². The summed E-state index contributed by atoms with van der Waals surface area (Å²) >= 11 is 6.23. The van der Waals surface area contributed by atoms with Gasteiger partial charge in [-0.05, 0) is 85.3 Å².